The molecule has 1 fully saturated rings. The highest BCUT2D eigenvalue weighted by atomic mass is 32.2. The Morgan fingerprint density at radius 3 is 2.41 bits per heavy atom. The van der Waals surface area contributed by atoms with Crippen LogP contribution < -0.4 is 4.90 Å². The van der Waals surface area contributed by atoms with Crippen LogP contribution in [0.1, 0.15) is 23.6 Å². The number of hydrogen-bond acceptors (Lipinski definition) is 4. The van der Waals surface area contributed by atoms with E-state index in [1.54, 1.807) is 27.4 Å². The number of hydrogen-bond donors (Lipinski definition) is 0. The van der Waals surface area contributed by atoms with Gasteiger partial charge in [0, 0.05) is 51.9 Å². The number of fused-ring (bicyclic) bond motifs is 1. The minimum atomic E-state index is -3.52. The van der Waals surface area contributed by atoms with E-state index >= 15 is 0 Å². The Bertz CT molecular complexity index is 1030. The number of carbonyl (C=O) groups excluding carboxylic acids is 1. The Kier molecular flexibility index (Phi) is 5.46. The van der Waals surface area contributed by atoms with Crippen molar-refractivity contribution in [3.05, 3.63) is 59.2 Å². The van der Waals surface area contributed by atoms with E-state index < -0.39 is 10.0 Å². The molecule has 154 valence electrons. The van der Waals surface area contributed by atoms with Crippen molar-refractivity contribution in [2.24, 2.45) is 0 Å². The second-order valence-electron chi connectivity index (χ2n) is 7.82. The number of nitrogens with zero attached hydrogens (tertiary/aromatic N) is 3. The summed E-state index contributed by atoms with van der Waals surface area (Å²) in [6, 6.07) is 13.5. The molecule has 4 rings (SSSR count). The smallest absolute Gasteiger partial charge is 0.243 e. The summed E-state index contributed by atoms with van der Waals surface area (Å²) >= 11 is 0. The molecule has 2 aliphatic heterocycles. The zero-order chi connectivity index (χ0) is 20.6. The van der Waals surface area contributed by atoms with Gasteiger partial charge in [-0.3, -0.25) is 9.69 Å². The Morgan fingerprint density at radius 2 is 1.72 bits per heavy atom. The molecule has 0 bridgehead atoms. The van der Waals surface area contributed by atoms with Crippen LogP contribution in [-0.4, -0.2) is 56.3 Å². The van der Waals surface area contributed by atoms with Gasteiger partial charge in [-0.05, 0) is 48.2 Å². The molecule has 0 unspecified atom stereocenters. The van der Waals surface area contributed by atoms with Crippen LogP contribution in [0.25, 0.3) is 0 Å². The summed E-state index contributed by atoms with van der Waals surface area (Å²) in [6.07, 6.45) is 0.697. The lowest BCUT2D eigenvalue weighted by molar-refractivity contribution is -0.116. The van der Waals surface area contributed by atoms with E-state index in [1.165, 1.54) is 18.1 Å². The Morgan fingerprint density at radius 1 is 1.00 bits per heavy atom. The molecule has 0 spiro atoms. The molecule has 2 aromatic rings. The van der Waals surface area contributed by atoms with Gasteiger partial charge in [-0.15, -0.1) is 0 Å². The van der Waals surface area contributed by atoms with Gasteiger partial charge in [-0.1, -0.05) is 24.3 Å². The number of sulfonamides is 1. The van der Waals surface area contributed by atoms with Gasteiger partial charge in [0.15, 0.2) is 0 Å². The van der Waals surface area contributed by atoms with E-state index in [-0.39, 0.29) is 5.91 Å². The van der Waals surface area contributed by atoms with Crippen molar-refractivity contribution >= 4 is 21.6 Å². The van der Waals surface area contributed by atoms with Crippen LogP contribution >= 0.6 is 0 Å². The van der Waals surface area contributed by atoms with Gasteiger partial charge in [0.05, 0.1) is 4.90 Å². The molecule has 2 heterocycles. The summed E-state index contributed by atoms with van der Waals surface area (Å²) in [5, 5.41) is 0. The maximum absolute atomic E-state index is 13.1. The van der Waals surface area contributed by atoms with Crippen LogP contribution in [0.15, 0.2) is 47.4 Å². The summed E-state index contributed by atoms with van der Waals surface area (Å²) in [6.45, 7) is 7.53. The van der Waals surface area contributed by atoms with Gasteiger partial charge in [0.25, 0.3) is 0 Å². The lowest BCUT2D eigenvalue weighted by Gasteiger charge is -2.34. The first-order valence-corrected chi connectivity index (χ1v) is 11.5. The molecule has 1 saturated heterocycles. The Labute approximate surface area is 172 Å². The quantitative estimate of drug-likeness (QED) is 0.772. The highest BCUT2D eigenvalue weighted by Crippen LogP contribution is 2.31. The number of carbonyl (C=O) groups is 1. The fourth-order valence-corrected chi connectivity index (χ4v) is 5.64. The molecule has 0 N–H and O–H groups in total. The fourth-order valence-electron chi connectivity index (χ4n) is 4.17. The van der Waals surface area contributed by atoms with Crippen molar-refractivity contribution in [1.29, 1.82) is 0 Å². The summed E-state index contributed by atoms with van der Waals surface area (Å²) in [4.78, 5) is 16.1. The zero-order valence-electron chi connectivity index (χ0n) is 17.0. The normalized spacial score (nSPS) is 18.1. The minimum Gasteiger partial charge on any atom is -0.312 e. The van der Waals surface area contributed by atoms with Gasteiger partial charge < -0.3 is 4.90 Å². The molecule has 0 aliphatic carbocycles. The van der Waals surface area contributed by atoms with Gasteiger partial charge >= 0.3 is 0 Å². The SMILES string of the molecule is CC(=O)N1CCc2cc(S(=O)(=O)N3CCN(Cc4ccccc4C)CC3)ccc21. The van der Waals surface area contributed by atoms with E-state index in [0.29, 0.717) is 31.0 Å². The predicted molar refractivity (Wildman–Crippen MR) is 113 cm³/mol. The number of amides is 1. The van der Waals surface area contributed by atoms with Crippen molar-refractivity contribution in [2.75, 3.05) is 37.6 Å². The molecule has 0 radical (unpaired) electrons. The number of anilines is 1. The van der Waals surface area contributed by atoms with Crippen molar-refractivity contribution in [1.82, 2.24) is 9.21 Å². The predicted octanol–water partition coefficient (Wildman–Crippen LogP) is 2.41. The van der Waals surface area contributed by atoms with Crippen LogP contribution in [0.3, 0.4) is 0 Å². The largest absolute Gasteiger partial charge is 0.312 e. The van der Waals surface area contributed by atoms with Crippen LogP contribution in [0, 0.1) is 6.92 Å². The average Bonchev–Trinajstić information content (AvgIpc) is 3.14. The second kappa shape index (κ2) is 7.89. The second-order valence-corrected chi connectivity index (χ2v) is 9.76. The maximum atomic E-state index is 13.1. The van der Waals surface area contributed by atoms with E-state index in [9.17, 15) is 13.2 Å². The number of benzene rings is 2. The molecular weight excluding hydrogens is 386 g/mol. The van der Waals surface area contributed by atoms with Gasteiger partial charge in [0.2, 0.25) is 15.9 Å². The van der Waals surface area contributed by atoms with Crippen molar-refractivity contribution in [2.45, 2.75) is 31.7 Å². The van der Waals surface area contributed by atoms with Crippen LogP contribution in [0.4, 0.5) is 5.69 Å². The fraction of sp³-hybridized carbons (Fsp3) is 0.409. The first-order valence-electron chi connectivity index (χ1n) is 10.0. The molecule has 29 heavy (non-hydrogen) atoms. The van der Waals surface area contributed by atoms with Gasteiger partial charge in [-0.2, -0.15) is 4.31 Å². The first-order chi connectivity index (χ1) is 13.9. The monoisotopic (exact) mass is 413 g/mol. The van der Waals surface area contributed by atoms with Crippen molar-refractivity contribution in [3.63, 3.8) is 0 Å². The van der Waals surface area contributed by atoms with Crippen molar-refractivity contribution in [3.8, 4) is 0 Å². The van der Waals surface area contributed by atoms with Gasteiger partial charge in [-0.25, -0.2) is 8.42 Å². The maximum Gasteiger partial charge on any atom is 0.243 e. The standard InChI is InChI=1S/C22H27N3O3S/c1-17-5-3-4-6-20(17)16-23-11-13-24(14-12-23)29(27,28)21-7-8-22-19(15-21)9-10-25(22)18(2)26/h3-8,15H,9-14,16H2,1-2H3. The molecule has 1 amide bonds. The van der Waals surface area contributed by atoms with E-state index in [1.807, 2.05) is 12.1 Å². The lowest BCUT2D eigenvalue weighted by atomic mass is 10.1. The third-order valence-electron chi connectivity index (χ3n) is 5.95. The highest BCUT2D eigenvalue weighted by Gasteiger charge is 2.30. The van der Waals surface area contributed by atoms with E-state index in [4.69, 9.17) is 0 Å². The van der Waals surface area contributed by atoms with Crippen LogP contribution in [0.5, 0.6) is 0 Å². The van der Waals surface area contributed by atoms with Crippen LogP contribution in [-0.2, 0) is 27.8 Å². The molecule has 0 atom stereocenters. The molecule has 2 aromatic carbocycles. The summed E-state index contributed by atoms with van der Waals surface area (Å²) in [5.74, 6) is -0.0101. The average molecular weight is 414 g/mol. The molecule has 2 aliphatic rings. The van der Waals surface area contributed by atoms with E-state index in [2.05, 4.69) is 24.0 Å². The zero-order valence-corrected chi connectivity index (χ0v) is 17.8. The third kappa shape index (κ3) is 3.95. The number of rotatable bonds is 4. The van der Waals surface area contributed by atoms with Crippen LogP contribution in [0.2, 0.25) is 0 Å². The van der Waals surface area contributed by atoms with Crippen molar-refractivity contribution < 1.29 is 13.2 Å². The highest BCUT2D eigenvalue weighted by molar-refractivity contribution is 7.89. The molecule has 0 saturated carbocycles. The molecule has 7 heteroatoms. The topological polar surface area (TPSA) is 60.9 Å². The summed E-state index contributed by atoms with van der Waals surface area (Å²) in [7, 11) is -3.52. The first kappa shape index (κ1) is 20.1. The minimum absolute atomic E-state index is 0.0101. The third-order valence-corrected chi connectivity index (χ3v) is 7.85. The van der Waals surface area contributed by atoms with E-state index in [0.717, 1.165) is 30.9 Å². The number of aryl methyl sites for hydroxylation is 1. The molecule has 6 nitrogen and oxygen atoms in total. The summed E-state index contributed by atoms with van der Waals surface area (Å²) in [5.41, 5.74) is 4.32. The molecular formula is C22H27N3O3S. The summed E-state index contributed by atoms with van der Waals surface area (Å²) < 4.78 is 27.9. The van der Waals surface area contributed by atoms with Gasteiger partial charge in [0.1, 0.15) is 0 Å². The Balaban J connectivity index is 1.44. The number of piperazine rings is 1. The lowest BCUT2D eigenvalue weighted by Crippen LogP contribution is -2.48. The Hall–Kier alpha value is -2.22. The molecule has 0 aromatic heterocycles.